The van der Waals surface area contributed by atoms with Crippen LogP contribution in [-0.4, -0.2) is 55.4 Å². The van der Waals surface area contributed by atoms with Crippen LogP contribution < -0.4 is 0 Å². The standard InChI is InChI=1S/C26H29F7N2O2/c1-17(19-14-20(25(28,29)30)16-21(15-19)26(31,32)33)37-24-23(18-4-6-22(27)7-5-18)35(12-13-36-24)11-10-34-8-2-3-9-34/h4-7,14-17,23-24H,2-3,8-13H2,1H3/t17-,23?,24?/m1/s1. The molecule has 0 aliphatic carbocycles. The molecule has 204 valence electrons. The molecule has 0 radical (unpaired) electrons. The Kier molecular flexibility index (Phi) is 8.47. The molecular formula is C26H29F7N2O2. The van der Waals surface area contributed by atoms with Crippen LogP contribution in [0.1, 0.15) is 54.2 Å². The highest BCUT2D eigenvalue weighted by atomic mass is 19.4. The van der Waals surface area contributed by atoms with Gasteiger partial charge in [-0.2, -0.15) is 26.3 Å². The van der Waals surface area contributed by atoms with E-state index in [1.807, 2.05) is 0 Å². The maximum absolute atomic E-state index is 13.6. The molecule has 0 saturated carbocycles. The smallest absolute Gasteiger partial charge is 0.349 e. The van der Waals surface area contributed by atoms with Crippen molar-refractivity contribution in [1.29, 1.82) is 0 Å². The summed E-state index contributed by atoms with van der Waals surface area (Å²) >= 11 is 0. The van der Waals surface area contributed by atoms with Gasteiger partial charge in [0, 0.05) is 19.6 Å². The summed E-state index contributed by atoms with van der Waals surface area (Å²) < 4.78 is 106. The van der Waals surface area contributed by atoms with Crippen LogP contribution in [0.5, 0.6) is 0 Å². The molecule has 2 aromatic rings. The summed E-state index contributed by atoms with van der Waals surface area (Å²) in [7, 11) is 0. The fraction of sp³-hybridized carbons (Fsp3) is 0.538. The molecule has 2 unspecified atom stereocenters. The van der Waals surface area contributed by atoms with Crippen LogP contribution in [0, 0.1) is 5.82 Å². The summed E-state index contributed by atoms with van der Waals surface area (Å²) in [5.74, 6) is -0.432. The maximum atomic E-state index is 13.6. The lowest BCUT2D eigenvalue weighted by Crippen LogP contribution is -2.48. The number of nitrogens with zero attached hydrogens (tertiary/aromatic N) is 2. The fourth-order valence-electron chi connectivity index (χ4n) is 4.85. The number of likely N-dealkylation sites (tertiary alicyclic amines) is 1. The maximum Gasteiger partial charge on any atom is 0.416 e. The summed E-state index contributed by atoms with van der Waals surface area (Å²) in [6, 6.07) is 6.68. The number of hydrogen-bond donors (Lipinski definition) is 0. The SMILES string of the molecule is C[C@@H](OC1OCCN(CCN2CCCC2)C1c1ccc(F)cc1)c1cc(C(F)(F)F)cc(C(F)(F)F)c1. The fourth-order valence-corrected chi connectivity index (χ4v) is 4.85. The van der Waals surface area contributed by atoms with Crippen molar-refractivity contribution in [1.82, 2.24) is 9.80 Å². The largest absolute Gasteiger partial charge is 0.416 e. The number of ether oxygens (including phenoxy) is 2. The van der Waals surface area contributed by atoms with Crippen molar-refractivity contribution >= 4 is 0 Å². The van der Waals surface area contributed by atoms with E-state index >= 15 is 0 Å². The van der Waals surface area contributed by atoms with Gasteiger partial charge in [0.05, 0.1) is 29.9 Å². The quantitative estimate of drug-likeness (QED) is 0.382. The van der Waals surface area contributed by atoms with Crippen molar-refractivity contribution in [3.05, 3.63) is 70.5 Å². The Balaban J connectivity index is 1.60. The van der Waals surface area contributed by atoms with E-state index in [1.165, 1.54) is 19.1 Å². The van der Waals surface area contributed by atoms with Gasteiger partial charge in [0.15, 0.2) is 6.29 Å². The van der Waals surface area contributed by atoms with Gasteiger partial charge in [0.1, 0.15) is 5.82 Å². The summed E-state index contributed by atoms with van der Waals surface area (Å²) in [6.07, 6.45) is -9.79. The molecule has 2 aromatic carbocycles. The van der Waals surface area contributed by atoms with Crippen molar-refractivity contribution in [3.8, 4) is 0 Å². The second kappa shape index (κ2) is 11.3. The predicted molar refractivity (Wildman–Crippen MR) is 122 cm³/mol. The zero-order chi connectivity index (χ0) is 26.8. The van der Waals surface area contributed by atoms with E-state index in [1.54, 1.807) is 12.1 Å². The molecule has 0 N–H and O–H groups in total. The van der Waals surface area contributed by atoms with Gasteiger partial charge in [-0.1, -0.05) is 12.1 Å². The van der Waals surface area contributed by atoms with Gasteiger partial charge in [-0.3, -0.25) is 4.90 Å². The molecule has 2 heterocycles. The molecule has 0 amide bonds. The van der Waals surface area contributed by atoms with Crippen LogP contribution in [0.2, 0.25) is 0 Å². The van der Waals surface area contributed by atoms with Crippen LogP contribution in [0.3, 0.4) is 0 Å². The summed E-state index contributed by atoms with van der Waals surface area (Å²) in [6.45, 7) is 5.66. The number of benzene rings is 2. The van der Waals surface area contributed by atoms with E-state index in [4.69, 9.17) is 9.47 Å². The van der Waals surface area contributed by atoms with Gasteiger partial charge in [0.2, 0.25) is 0 Å². The number of hydrogen-bond acceptors (Lipinski definition) is 4. The van der Waals surface area contributed by atoms with Crippen molar-refractivity contribution in [2.24, 2.45) is 0 Å². The Labute approximate surface area is 210 Å². The molecule has 2 saturated heterocycles. The Morgan fingerprint density at radius 3 is 2.05 bits per heavy atom. The minimum atomic E-state index is -4.96. The molecule has 37 heavy (non-hydrogen) atoms. The van der Waals surface area contributed by atoms with Crippen molar-refractivity contribution in [2.75, 3.05) is 39.3 Å². The van der Waals surface area contributed by atoms with Gasteiger partial charge >= 0.3 is 12.4 Å². The third-order valence-corrected chi connectivity index (χ3v) is 6.84. The summed E-state index contributed by atoms with van der Waals surface area (Å²) in [4.78, 5) is 4.44. The Bertz CT molecular complexity index is 1000. The second-order valence-electron chi connectivity index (χ2n) is 9.44. The first kappa shape index (κ1) is 27.8. The Hall–Kier alpha value is -2.21. The lowest BCUT2D eigenvalue weighted by Gasteiger charge is -2.42. The van der Waals surface area contributed by atoms with Crippen LogP contribution in [0.25, 0.3) is 0 Å². The lowest BCUT2D eigenvalue weighted by molar-refractivity contribution is -0.229. The zero-order valence-electron chi connectivity index (χ0n) is 20.3. The molecule has 2 fully saturated rings. The van der Waals surface area contributed by atoms with Gasteiger partial charge in [-0.25, -0.2) is 4.39 Å². The number of halogens is 7. The van der Waals surface area contributed by atoms with E-state index in [2.05, 4.69) is 9.80 Å². The van der Waals surface area contributed by atoms with Crippen LogP contribution in [-0.2, 0) is 21.8 Å². The van der Waals surface area contributed by atoms with E-state index < -0.39 is 47.7 Å². The predicted octanol–water partition coefficient (Wildman–Crippen LogP) is 6.44. The molecule has 11 heteroatoms. The van der Waals surface area contributed by atoms with Crippen LogP contribution in [0.4, 0.5) is 30.7 Å². The second-order valence-corrected chi connectivity index (χ2v) is 9.44. The highest BCUT2D eigenvalue weighted by Crippen LogP contribution is 2.39. The first-order valence-electron chi connectivity index (χ1n) is 12.2. The molecule has 4 nitrogen and oxygen atoms in total. The molecule has 0 spiro atoms. The number of morpholine rings is 1. The third kappa shape index (κ3) is 7.01. The van der Waals surface area contributed by atoms with E-state index in [0.717, 1.165) is 32.5 Å². The molecule has 2 aliphatic heterocycles. The van der Waals surface area contributed by atoms with Gasteiger partial charge in [-0.15, -0.1) is 0 Å². The highest BCUT2D eigenvalue weighted by molar-refractivity contribution is 5.34. The van der Waals surface area contributed by atoms with E-state index in [9.17, 15) is 30.7 Å². The summed E-state index contributed by atoms with van der Waals surface area (Å²) in [5, 5.41) is 0. The van der Waals surface area contributed by atoms with Gasteiger partial charge in [0.25, 0.3) is 0 Å². The summed E-state index contributed by atoms with van der Waals surface area (Å²) in [5.41, 5.74) is -2.39. The molecule has 4 rings (SSSR count). The number of alkyl halides is 6. The number of rotatable bonds is 7. The zero-order valence-corrected chi connectivity index (χ0v) is 20.3. The normalized spacial score (nSPS) is 22.9. The Morgan fingerprint density at radius 2 is 1.49 bits per heavy atom. The monoisotopic (exact) mass is 534 g/mol. The van der Waals surface area contributed by atoms with Crippen molar-refractivity contribution in [2.45, 2.75) is 50.6 Å². The van der Waals surface area contributed by atoms with E-state index in [0.29, 0.717) is 30.8 Å². The molecule has 2 aliphatic rings. The average Bonchev–Trinajstić information content (AvgIpc) is 3.36. The minimum Gasteiger partial charge on any atom is -0.349 e. The van der Waals surface area contributed by atoms with Crippen molar-refractivity contribution < 1.29 is 40.2 Å². The molecular weight excluding hydrogens is 505 g/mol. The lowest BCUT2D eigenvalue weighted by atomic mass is 10.0. The van der Waals surface area contributed by atoms with E-state index in [-0.39, 0.29) is 18.2 Å². The van der Waals surface area contributed by atoms with Gasteiger partial charge < -0.3 is 14.4 Å². The van der Waals surface area contributed by atoms with Gasteiger partial charge in [-0.05, 0) is 74.3 Å². The average molecular weight is 535 g/mol. The molecule has 0 bridgehead atoms. The van der Waals surface area contributed by atoms with Crippen molar-refractivity contribution in [3.63, 3.8) is 0 Å². The Morgan fingerprint density at radius 1 is 0.892 bits per heavy atom. The first-order chi connectivity index (χ1) is 17.4. The van der Waals surface area contributed by atoms with Crippen LogP contribution in [0.15, 0.2) is 42.5 Å². The topological polar surface area (TPSA) is 24.9 Å². The first-order valence-corrected chi connectivity index (χ1v) is 12.2. The molecule has 3 atom stereocenters. The minimum absolute atomic E-state index is 0.0920. The van der Waals surface area contributed by atoms with Crippen LogP contribution >= 0.6 is 0 Å². The highest BCUT2D eigenvalue weighted by Gasteiger charge is 2.39. The third-order valence-electron chi connectivity index (χ3n) is 6.84. The molecule has 0 aromatic heterocycles.